The van der Waals surface area contributed by atoms with Crippen molar-refractivity contribution in [3.8, 4) is 5.69 Å². The molecule has 98 valence electrons. The van der Waals surface area contributed by atoms with Crippen molar-refractivity contribution in [2.75, 3.05) is 6.61 Å². The number of rotatable bonds is 4. The fourth-order valence-corrected chi connectivity index (χ4v) is 1.57. The highest BCUT2D eigenvalue weighted by atomic mass is 32.1. The van der Waals surface area contributed by atoms with Crippen molar-refractivity contribution in [3.05, 3.63) is 42.0 Å². The third-order valence-electron chi connectivity index (χ3n) is 2.36. The second-order valence-electron chi connectivity index (χ2n) is 3.66. The quantitative estimate of drug-likeness (QED) is 0.664. The molecular formula is C12H12N4O2S. The fourth-order valence-electron chi connectivity index (χ4n) is 1.45. The number of carbonyl (C=O) groups excluding carboxylic acids is 1. The molecule has 0 aliphatic carbocycles. The summed E-state index contributed by atoms with van der Waals surface area (Å²) < 4.78 is 6.42. The molecule has 0 aliphatic heterocycles. The first-order valence-corrected chi connectivity index (χ1v) is 6.00. The van der Waals surface area contributed by atoms with Crippen LogP contribution in [0, 0.1) is 0 Å². The van der Waals surface area contributed by atoms with Crippen LogP contribution in [0.1, 0.15) is 23.0 Å². The molecule has 2 heterocycles. The van der Waals surface area contributed by atoms with Gasteiger partial charge in [-0.05, 0) is 19.1 Å². The molecule has 0 saturated heterocycles. The van der Waals surface area contributed by atoms with Crippen LogP contribution in [0.5, 0.6) is 0 Å². The first-order valence-electron chi connectivity index (χ1n) is 5.60. The van der Waals surface area contributed by atoms with Crippen molar-refractivity contribution >= 4 is 23.2 Å². The van der Waals surface area contributed by atoms with E-state index < -0.39 is 5.97 Å². The van der Waals surface area contributed by atoms with E-state index in [1.165, 1.54) is 10.9 Å². The van der Waals surface area contributed by atoms with Crippen LogP contribution in [-0.4, -0.2) is 32.3 Å². The minimum absolute atomic E-state index is 0.235. The molecule has 0 aliphatic rings. The summed E-state index contributed by atoms with van der Waals surface area (Å²) in [5, 5.41) is 4.08. The van der Waals surface area contributed by atoms with Gasteiger partial charge in [0, 0.05) is 6.20 Å². The van der Waals surface area contributed by atoms with Gasteiger partial charge >= 0.3 is 5.97 Å². The van der Waals surface area contributed by atoms with Gasteiger partial charge in [0.25, 0.3) is 0 Å². The summed E-state index contributed by atoms with van der Waals surface area (Å²) in [6.07, 6.45) is 4.60. The Labute approximate surface area is 115 Å². The van der Waals surface area contributed by atoms with E-state index in [-0.39, 0.29) is 4.99 Å². The maximum Gasteiger partial charge on any atom is 0.341 e. The Balaban J connectivity index is 2.23. The topological polar surface area (TPSA) is 83.0 Å². The largest absolute Gasteiger partial charge is 0.462 e. The third kappa shape index (κ3) is 2.94. The molecule has 2 N–H and O–H groups in total. The van der Waals surface area contributed by atoms with Crippen LogP contribution in [0.15, 0.2) is 30.7 Å². The maximum absolute atomic E-state index is 11.5. The average molecular weight is 276 g/mol. The number of hydrogen-bond acceptors (Lipinski definition) is 5. The van der Waals surface area contributed by atoms with Crippen LogP contribution in [0.2, 0.25) is 0 Å². The molecule has 0 aromatic carbocycles. The van der Waals surface area contributed by atoms with E-state index in [1.54, 1.807) is 31.5 Å². The van der Waals surface area contributed by atoms with Crippen LogP contribution in [0.4, 0.5) is 0 Å². The van der Waals surface area contributed by atoms with Crippen LogP contribution in [0.3, 0.4) is 0 Å². The third-order valence-corrected chi connectivity index (χ3v) is 2.57. The van der Waals surface area contributed by atoms with E-state index in [4.69, 9.17) is 22.7 Å². The fraction of sp³-hybridized carbons (Fsp3) is 0.167. The molecule has 0 saturated carbocycles. The van der Waals surface area contributed by atoms with Gasteiger partial charge in [-0.3, -0.25) is 4.98 Å². The molecule has 2 aromatic heterocycles. The highest BCUT2D eigenvalue weighted by Crippen LogP contribution is 2.09. The van der Waals surface area contributed by atoms with Crippen molar-refractivity contribution < 1.29 is 9.53 Å². The second kappa shape index (κ2) is 5.57. The van der Waals surface area contributed by atoms with Crippen LogP contribution in [0.25, 0.3) is 5.69 Å². The summed E-state index contributed by atoms with van der Waals surface area (Å²) in [5.41, 5.74) is 7.10. The lowest BCUT2D eigenvalue weighted by Crippen LogP contribution is -2.11. The summed E-state index contributed by atoms with van der Waals surface area (Å²) in [6, 6.07) is 3.47. The number of hydrogen-bond donors (Lipinski definition) is 1. The standard InChI is InChI=1S/C12H12N4O2S/c1-2-18-12(17)8-5-15-16(7-8)9-3-4-10(11(13)19)14-6-9/h3-7H,2H2,1H3,(H2,13,19). The van der Waals surface area contributed by atoms with Gasteiger partial charge in [-0.2, -0.15) is 5.10 Å². The molecule has 0 fully saturated rings. The Morgan fingerprint density at radius 1 is 1.47 bits per heavy atom. The normalized spacial score (nSPS) is 10.2. The number of carbonyl (C=O) groups is 1. The Morgan fingerprint density at radius 3 is 2.84 bits per heavy atom. The zero-order valence-corrected chi connectivity index (χ0v) is 11.1. The number of nitrogens with two attached hydrogens (primary N) is 1. The number of nitrogens with zero attached hydrogens (tertiary/aromatic N) is 3. The molecule has 0 unspecified atom stereocenters. The Bertz CT molecular complexity index is 606. The molecule has 19 heavy (non-hydrogen) atoms. The van der Waals surface area contributed by atoms with Crippen LogP contribution >= 0.6 is 12.2 Å². The predicted octanol–water partition coefficient (Wildman–Crippen LogP) is 1.08. The van der Waals surface area contributed by atoms with Crippen molar-refractivity contribution in [1.29, 1.82) is 0 Å². The van der Waals surface area contributed by atoms with Crippen LogP contribution < -0.4 is 5.73 Å². The number of esters is 1. The van der Waals surface area contributed by atoms with Gasteiger partial charge in [-0.25, -0.2) is 9.48 Å². The van der Waals surface area contributed by atoms with Gasteiger partial charge in [0.2, 0.25) is 0 Å². The van der Waals surface area contributed by atoms with Crippen molar-refractivity contribution in [3.63, 3.8) is 0 Å². The lowest BCUT2D eigenvalue weighted by atomic mass is 10.3. The minimum Gasteiger partial charge on any atom is -0.462 e. The molecule has 2 rings (SSSR count). The highest BCUT2D eigenvalue weighted by Gasteiger charge is 2.10. The summed E-state index contributed by atoms with van der Waals surface area (Å²) in [4.78, 5) is 15.8. The van der Waals surface area contributed by atoms with E-state index in [0.29, 0.717) is 23.6 Å². The molecule has 0 radical (unpaired) electrons. The summed E-state index contributed by atoms with van der Waals surface area (Å²) in [5.74, 6) is -0.401. The lowest BCUT2D eigenvalue weighted by molar-refractivity contribution is 0.0526. The Kier molecular flexibility index (Phi) is 3.86. The number of pyridine rings is 1. The van der Waals surface area contributed by atoms with E-state index in [9.17, 15) is 4.79 Å². The van der Waals surface area contributed by atoms with E-state index >= 15 is 0 Å². The molecule has 6 nitrogen and oxygen atoms in total. The van der Waals surface area contributed by atoms with Gasteiger partial charge in [0.1, 0.15) is 4.99 Å². The molecule has 2 aromatic rings. The summed E-state index contributed by atoms with van der Waals surface area (Å²) >= 11 is 4.82. The zero-order chi connectivity index (χ0) is 13.8. The molecule has 0 atom stereocenters. The van der Waals surface area contributed by atoms with Gasteiger partial charge < -0.3 is 10.5 Å². The monoisotopic (exact) mass is 276 g/mol. The minimum atomic E-state index is -0.401. The first kappa shape index (κ1) is 13.2. The highest BCUT2D eigenvalue weighted by molar-refractivity contribution is 7.80. The summed E-state index contributed by atoms with van der Waals surface area (Å²) in [6.45, 7) is 2.08. The molecule has 0 bridgehead atoms. The van der Waals surface area contributed by atoms with Crippen molar-refractivity contribution in [2.45, 2.75) is 6.92 Å². The average Bonchev–Trinajstić information content (AvgIpc) is 2.89. The van der Waals surface area contributed by atoms with E-state index in [2.05, 4.69) is 10.1 Å². The number of ether oxygens (including phenoxy) is 1. The van der Waals surface area contributed by atoms with Crippen molar-refractivity contribution in [1.82, 2.24) is 14.8 Å². The van der Waals surface area contributed by atoms with Gasteiger partial charge in [0.15, 0.2) is 0 Å². The van der Waals surface area contributed by atoms with Gasteiger partial charge in [0.05, 0.1) is 35.9 Å². The molecular weight excluding hydrogens is 264 g/mol. The number of thiocarbonyl (C=S) groups is 1. The van der Waals surface area contributed by atoms with E-state index in [0.717, 1.165) is 0 Å². The maximum atomic E-state index is 11.5. The Morgan fingerprint density at radius 2 is 2.26 bits per heavy atom. The van der Waals surface area contributed by atoms with Crippen LogP contribution in [-0.2, 0) is 4.74 Å². The SMILES string of the molecule is CCOC(=O)c1cnn(-c2ccc(C(N)=S)nc2)c1. The van der Waals surface area contributed by atoms with E-state index in [1.807, 2.05) is 0 Å². The summed E-state index contributed by atoms with van der Waals surface area (Å²) in [7, 11) is 0. The Hall–Kier alpha value is -2.28. The molecule has 0 amide bonds. The zero-order valence-electron chi connectivity index (χ0n) is 10.2. The van der Waals surface area contributed by atoms with Gasteiger partial charge in [-0.15, -0.1) is 0 Å². The van der Waals surface area contributed by atoms with Crippen molar-refractivity contribution in [2.24, 2.45) is 5.73 Å². The second-order valence-corrected chi connectivity index (χ2v) is 4.10. The number of aromatic nitrogens is 3. The lowest BCUT2D eigenvalue weighted by Gasteiger charge is -2.02. The smallest absolute Gasteiger partial charge is 0.341 e. The molecule has 0 spiro atoms. The van der Waals surface area contributed by atoms with Gasteiger partial charge in [-0.1, -0.05) is 12.2 Å². The first-order chi connectivity index (χ1) is 9.11. The predicted molar refractivity (Wildman–Crippen MR) is 73.2 cm³/mol. The molecule has 7 heteroatoms.